The fourth-order valence-electron chi connectivity index (χ4n) is 3.75. The summed E-state index contributed by atoms with van der Waals surface area (Å²) in [6.07, 6.45) is 2.30. The fraction of sp³-hybridized carbons (Fsp3) is 0.778. The van der Waals surface area contributed by atoms with E-state index in [1.807, 2.05) is 20.8 Å². The van der Waals surface area contributed by atoms with Gasteiger partial charge in [0.2, 0.25) is 0 Å². The van der Waals surface area contributed by atoms with Crippen LogP contribution in [0.25, 0.3) is 0 Å². The van der Waals surface area contributed by atoms with Gasteiger partial charge in [0, 0.05) is 43.7 Å². The van der Waals surface area contributed by atoms with E-state index in [0.29, 0.717) is 19.7 Å². The Morgan fingerprint density at radius 2 is 1.96 bits per heavy atom. The summed E-state index contributed by atoms with van der Waals surface area (Å²) in [4.78, 5) is 14.0. The number of rotatable bonds is 2. The van der Waals surface area contributed by atoms with Crippen LogP contribution in [0.2, 0.25) is 0 Å². The van der Waals surface area contributed by atoms with Gasteiger partial charge in [-0.2, -0.15) is 5.10 Å². The van der Waals surface area contributed by atoms with Crippen LogP contribution < -0.4 is 0 Å². The first-order valence-electron chi connectivity index (χ1n) is 9.00. The minimum absolute atomic E-state index is 0.232. The van der Waals surface area contributed by atoms with Crippen LogP contribution in [0.4, 0.5) is 4.79 Å². The van der Waals surface area contributed by atoms with Crippen molar-refractivity contribution in [2.24, 2.45) is 0 Å². The third-order valence-electron chi connectivity index (χ3n) is 4.95. The lowest BCUT2D eigenvalue weighted by atomic mass is 9.87. The van der Waals surface area contributed by atoms with Gasteiger partial charge in [0.05, 0.1) is 6.61 Å². The number of ether oxygens (including phenoxy) is 2. The zero-order chi connectivity index (χ0) is 17.5. The van der Waals surface area contributed by atoms with Crippen molar-refractivity contribution in [1.82, 2.24) is 14.7 Å². The Balaban J connectivity index is 1.74. The molecule has 3 heterocycles. The van der Waals surface area contributed by atoms with E-state index in [4.69, 9.17) is 14.6 Å². The van der Waals surface area contributed by atoms with Crippen LogP contribution in [0.1, 0.15) is 64.4 Å². The molecule has 1 aromatic rings. The number of carbonyl (C=O) groups excluding carboxylic acids is 1. The van der Waals surface area contributed by atoms with Gasteiger partial charge in [-0.15, -0.1) is 0 Å². The number of aryl methyl sites for hydroxylation is 1. The molecule has 1 aromatic heterocycles. The smallest absolute Gasteiger partial charge is 0.410 e. The second-order valence-corrected chi connectivity index (χ2v) is 7.69. The molecule has 0 bridgehead atoms. The average molecular weight is 335 g/mol. The summed E-state index contributed by atoms with van der Waals surface area (Å²) in [7, 11) is 0. The van der Waals surface area contributed by atoms with Crippen LogP contribution in [-0.2, 0) is 34.6 Å². The first-order chi connectivity index (χ1) is 11.3. The van der Waals surface area contributed by atoms with Crippen LogP contribution >= 0.6 is 0 Å². The van der Waals surface area contributed by atoms with Crippen LogP contribution in [0, 0.1) is 0 Å². The predicted octanol–water partition coefficient (Wildman–Crippen LogP) is 3.22. The first kappa shape index (κ1) is 17.3. The topological polar surface area (TPSA) is 56.6 Å². The molecule has 0 radical (unpaired) electrons. The van der Waals surface area contributed by atoms with E-state index in [0.717, 1.165) is 31.5 Å². The summed E-state index contributed by atoms with van der Waals surface area (Å²) in [6.45, 7) is 12.8. The number of nitrogens with zero attached hydrogens (tertiary/aromatic N) is 3. The normalized spacial score (nSPS) is 19.6. The summed E-state index contributed by atoms with van der Waals surface area (Å²) >= 11 is 0. The first-order valence-corrected chi connectivity index (χ1v) is 9.00. The molecule has 0 saturated carbocycles. The van der Waals surface area contributed by atoms with Gasteiger partial charge in [-0.05, 0) is 34.1 Å². The third kappa shape index (κ3) is 2.92. The number of fused-ring (bicyclic) bond motifs is 2. The van der Waals surface area contributed by atoms with Gasteiger partial charge in [0.15, 0.2) is 0 Å². The summed E-state index contributed by atoms with van der Waals surface area (Å²) < 4.78 is 13.8. The van der Waals surface area contributed by atoms with Crippen molar-refractivity contribution in [1.29, 1.82) is 0 Å². The number of hydrogen-bond donors (Lipinski definition) is 0. The molecule has 6 nitrogen and oxygen atoms in total. The van der Waals surface area contributed by atoms with Gasteiger partial charge >= 0.3 is 6.09 Å². The van der Waals surface area contributed by atoms with Crippen molar-refractivity contribution in [2.45, 2.75) is 78.2 Å². The van der Waals surface area contributed by atoms with Crippen LogP contribution in [-0.4, -0.2) is 39.5 Å². The van der Waals surface area contributed by atoms with Crippen LogP contribution in [0.3, 0.4) is 0 Å². The van der Waals surface area contributed by atoms with Crippen molar-refractivity contribution < 1.29 is 14.3 Å². The summed E-state index contributed by atoms with van der Waals surface area (Å²) in [5, 5.41) is 4.84. The molecular formula is C18H29N3O3. The molecule has 1 amide bonds. The Hall–Kier alpha value is -1.56. The van der Waals surface area contributed by atoms with Gasteiger partial charge in [0.1, 0.15) is 16.9 Å². The lowest BCUT2D eigenvalue weighted by molar-refractivity contribution is -0.0830. The van der Waals surface area contributed by atoms with E-state index >= 15 is 0 Å². The van der Waals surface area contributed by atoms with E-state index in [9.17, 15) is 4.79 Å². The standard InChI is InChI=1S/C18H29N3O3/c1-6-14-13-12-23-18(15(13)19-21(14)7-2)8-10-20(11-9-18)16(22)24-17(3,4)5/h6-12H2,1-5H3. The van der Waals surface area contributed by atoms with Crippen molar-refractivity contribution in [3.8, 4) is 0 Å². The van der Waals surface area contributed by atoms with E-state index in [2.05, 4.69) is 18.5 Å². The molecule has 0 aromatic carbocycles. The fourth-order valence-corrected chi connectivity index (χ4v) is 3.75. The quantitative estimate of drug-likeness (QED) is 0.833. The molecule has 2 aliphatic heterocycles. The Labute approximate surface area is 144 Å². The minimum atomic E-state index is -0.459. The molecule has 1 spiro atoms. The monoisotopic (exact) mass is 335 g/mol. The number of amides is 1. The molecule has 0 atom stereocenters. The number of piperidine rings is 1. The lowest BCUT2D eigenvalue weighted by Gasteiger charge is -2.38. The van der Waals surface area contributed by atoms with Crippen LogP contribution in [0.5, 0.6) is 0 Å². The molecule has 0 N–H and O–H groups in total. The molecule has 0 aliphatic carbocycles. The number of likely N-dealkylation sites (tertiary alicyclic amines) is 1. The van der Waals surface area contributed by atoms with Crippen LogP contribution in [0.15, 0.2) is 0 Å². The maximum atomic E-state index is 12.3. The number of hydrogen-bond acceptors (Lipinski definition) is 4. The Bertz CT molecular complexity index is 622. The maximum absolute atomic E-state index is 12.3. The largest absolute Gasteiger partial charge is 0.444 e. The van der Waals surface area contributed by atoms with Crippen molar-refractivity contribution in [3.05, 3.63) is 17.0 Å². The third-order valence-corrected chi connectivity index (χ3v) is 4.95. The van der Waals surface area contributed by atoms with E-state index in [1.165, 1.54) is 11.3 Å². The van der Waals surface area contributed by atoms with Crippen molar-refractivity contribution >= 4 is 6.09 Å². The minimum Gasteiger partial charge on any atom is -0.444 e. The van der Waals surface area contributed by atoms with Gasteiger partial charge in [0.25, 0.3) is 0 Å². The molecular weight excluding hydrogens is 306 g/mol. The van der Waals surface area contributed by atoms with Crippen molar-refractivity contribution in [2.75, 3.05) is 13.1 Å². The number of aromatic nitrogens is 2. The molecule has 1 saturated heterocycles. The van der Waals surface area contributed by atoms with Gasteiger partial charge in [-0.1, -0.05) is 6.92 Å². The van der Waals surface area contributed by atoms with Gasteiger partial charge < -0.3 is 14.4 Å². The molecule has 0 unspecified atom stereocenters. The summed E-state index contributed by atoms with van der Waals surface area (Å²) in [5.41, 5.74) is 2.88. The molecule has 6 heteroatoms. The zero-order valence-electron chi connectivity index (χ0n) is 15.5. The van der Waals surface area contributed by atoms with E-state index < -0.39 is 5.60 Å². The van der Waals surface area contributed by atoms with Gasteiger partial charge in [-0.3, -0.25) is 4.68 Å². The summed E-state index contributed by atoms with van der Waals surface area (Å²) in [6, 6.07) is 0. The maximum Gasteiger partial charge on any atom is 0.410 e. The second-order valence-electron chi connectivity index (χ2n) is 7.69. The second kappa shape index (κ2) is 6.06. The lowest BCUT2D eigenvalue weighted by Crippen LogP contribution is -2.47. The van der Waals surface area contributed by atoms with E-state index in [1.54, 1.807) is 4.90 Å². The highest BCUT2D eigenvalue weighted by molar-refractivity contribution is 5.68. The predicted molar refractivity (Wildman–Crippen MR) is 90.8 cm³/mol. The zero-order valence-corrected chi connectivity index (χ0v) is 15.5. The molecule has 134 valence electrons. The molecule has 1 fully saturated rings. The Kier molecular flexibility index (Phi) is 4.36. The summed E-state index contributed by atoms with van der Waals surface area (Å²) in [5.74, 6) is 0. The molecule has 24 heavy (non-hydrogen) atoms. The highest BCUT2D eigenvalue weighted by Gasteiger charge is 2.47. The Morgan fingerprint density at radius 1 is 1.29 bits per heavy atom. The highest BCUT2D eigenvalue weighted by atomic mass is 16.6. The van der Waals surface area contributed by atoms with Crippen molar-refractivity contribution in [3.63, 3.8) is 0 Å². The van der Waals surface area contributed by atoms with E-state index in [-0.39, 0.29) is 11.7 Å². The average Bonchev–Trinajstić information content (AvgIpc) is 3.04. The highest BCUT2D eigenvalue weighted by Crippen LogP contribution is 2.44. The molecule has 2 aliphatic rings. The SMILES string of the molecule is CCc1c2c(nn1CC)C1(CCN(C(=O)OC(C)(C)C)CC1)OC2. The number of carbonyl (C=O) groups is 1. The van der Waals surface area contributed by atoms with Gasteiger partial charge in [-0.25, -0.2) is 4.79 Å². The Morgan fingerprint density at radius 3 is 2.50 bits per heavy atom. The molecule has 3 rings (SSSR count).